The first-order valence-electron chi connectivity index (χ1n) is 6.74. The van der Waals surface area contributed by atoms with E-state index in [0.717, 1.165) is 12.0 Å². The zero-order valence-corrected chi connectivity index (χ0v) is 11.1. The van der Waals surface area contributed by atoms with Crippen LogP contribution in [0.3, 0.4) is 0 Å². The van der Waals surface area contributed by atoms with Gasteiger partial charge in [-0.3, -0.25) is 0 Å². The van der Waals surface area contributed by atoms with Crippen molar-refractivity contribution < 1.29 is 0 Å². The molecule has 1 aliphatic heterocycles. The summed E-state index contributed by atoms with van der Waals surface area (Å²) in [7, 11) is 6.61. The maximum Gasteiger partial charge on any atom is 0.0209 e. The van der Waals surface area contributed by atoms with Crippen LogP contribution in [0.25, 0.3) is 0 Å². The summed E-state index contributed by atoms with van der Waals surface area (Å²) in [5.41, 5.74) is 0. The Bertz CT molecular complexity index is 217. The van der Waals surface area contributed by atoms with Gasteiger partial charge in [-0.05, 0) is 52.9 Å². The standard InChI is InChI=1S/C13H27N3/c1-15(2)8-7-12-10-16(3)9-11-5-4-6-13(11)14-12/h11-14H,4-10H2,1-3H3. The zero-order chi connectivity index (χ0) is 11.5. The second kappa shape index (κ2) is 5.48. The second-order valence-corrected chi connectivity index (χ2v) is 5.97. The van der Waals surface area contributed by atoms with Crippen LogP contribution in [0.15, 0.2) is 0 Å². The molecule has 1 aliphatic carbocycles. The first-order chi connectivity index (χ1) is 7.65. The highest BCUT2D eigenvalue weighted by molar-refractivity contribution is 4.91. The van der Waals surface area contributed by atoms with E-state index in [4.69, 9.17) is 0 Å². The summed E-state index contributed by atoms with van der Waals surface area (Å²) >= 11 is 0. The molecule has 1 N–H and O–H groups in total. The number of hydrogen-bond donors (Lipinski definition) is 1. The summed E-state index contributed by atoms with van der Waals surface area (Å²) in [6.45, 7) is 3.72. The van der Waals surface area contributed by atoms with Gasteiger partial charge in [0.05, 0.1) is 0 Å². The molecule has 0 aromatic heterocycles. The molecule has 3 atom stereocenters. The minimum absolute atomic E-state index is 0.695. The summed E-state index contributed by atoms with van der Waals surface area (Å²) in [5, 5.41) is 3.90. The zero-order valence-electron chi connectivity index (χ0n) is 11.1. The van der Waals surface area contributed by atoms with E-state index in [1.54, 1.807) is 0 Å². The van der Waals surface area contributed by atoms with Crippen molar-refractivity contribution in [1.29, 1.82) is 0 Å². The molecule has 2 rings (SSSR count). The number of rotatable bonds is 3. The maximum atomic E-state index is 3.90. The summed E-state index contributed by atoms with van der Waals surface area (Å²) in [6.07, 6.45) is 5.54. The fourth-order valence-electron chi connectivity index (χ4n) is 3.27. The number of hydrogen-bond acceptors (Lipinski definition) is 3. The fourth-order valence-corrected chi connectivity index (χ4v) is 3.27. The molecule has 0 bridgehead atoms. The van der Waals surface area contributed by atoms with E-state index in [1.165, 1.54) is 45.3 Å². The Hall–Kier alpha value is -0.120. The van der Waals surface area contributed by atoms with E-state index >= 15 is 0 Å². The summed E-state index contributed by atoms with van der Waals surface area (Å²) in [4.78, 5) is 4.82. The third-order valence-corrected chi connectivity index (χ3v) is 4.11. The lowest BCUT2D eigenvalue weighted by molar-refractivity contribution is 0.278. The van der Waals surface area contributed by atoms with Crippen LogP contribution in [0.1, 0.15) is 25.7 Å². The van der Waals surface area contributed by atoms with Gasteiger partial charge in [-0.25, -0.2) is 0 Å². The molecule has 16 heavy (non-hydrogen) atoms. The molecule has 3 heteroatoms. The van der Waals surface area contributed by atoms with Gasteiger partial charge in [-0.1, -0.05) is 6.42 Å². The molecule has 0 spiro atoms. The molecule has 3 unspecified atom stereocenters. The molecule has 1 saturated heterocycles. The first-order valence-corrected chi connectivity index (χ1v) is 6.74. The third kappa shape index (κ3) is 3.19. The van der Waals surface area contributed by atoms with Gasteiger partial charge in [0, 0.05) is 25.2 Å². The molecular weight excluding hydrogens is 198 g/mol. The van der Waals surface area contributed by atoms with E-state index in [0.29, 0.717) is 6.04 Å². The normalized spacial score (nSPS) is 36.4. The Balaban J connectivity index is 1.88. The molecule has 0 amide bonds. The Kier molecular flexibility index (Phi) is 4.22. The molecule has 1 heterocycles. The molecule has 94 valence electrons. The largest absolute Gasteiger partial charge is 0.310 e. The molecule has 3 nitrogen and oxygen atoms in total. The smallest absolute Gasteiger partial charge is 0.0209 e. The lowest BCUT2D eigenvalue weighted by Crippen LogP contribution is -2.42. The summed E-state index contributed by atoms with van der Waals surface area (Å²) in [6, 6.07) is 1.50. The van der Waals surface area contributed by atoms with Crippen LogP contribution in [0.5, 0.6) is 0 Å². The van der Waals surface area contributed by atoms with Crippen LogP contribution in [-0.4, -0.2) is 62.7 Å². The van der Waals surface area contributed by atoms with Crippen LogP contribution in [0.4, 0.5) is 0 Å². The van der Waals surface area contributed by atoms with E-state index < -0.39 is 0 Å². The van der Waals surface area contributed by atoms with Crippen molar-refractivity contribution in [2.45, 2.75) is 37.8 Å². The third-order valence-electron chi connectivity index (χ3n) is 4.11. The van der Waals surface area contributed by atoms with Gasteiger partial charge in [0.2, 0.25) is 0 Å². The highest BCUT2D eigenvalue weighted by Crippen LogP contribution is 2.28. The lowest BCUT2D eigenvalue weighted by atomic mass is 10.0. The summed E-state index contributed by atoms with van der Waals surface area (Å²) in [5.74, 6) is 0.911. The Labute approximate surface area is 100 Å². The first kappa shape index (κ1) is 12.3. The van der Waals surface area contributed by atoms with Gasteiger partial charge >= 0.3 is 0 Å². The van der Waals surface area contributed by atoms with Crippen molar-refractivity contribution in [1.82, 2.24) is 15.1 Å². The highest BCUT2D eigenvalue weighted by atomic mass is 15.2. The lowest BCUT2D eigenvalue weighted by Gasteiger charge is -2.24. The molecule has 1 saturated carbocycles. The number of likely N-dealkylation sites (N-methyl/N-ethyl adjacent to an activating group) is 1. The monoisotopic (exact) mass is 225 g/mol. The predicted octanol–water partition coefficient (Wildman–Crippen LogP) is 1.01. The van der Waals surface area contributed by atoms with Crippen LogP contribution < -0.4 is 5.32 Å². The van der Waals surface area contributed by atoms with Crippen molar-refractivity contribution in [2.24, 2.45) is 5.92 Å². The number of nitrogens with zero attached hydrogens (tertiary/aromatic N) is 2. The van der Waals surface area contributed by atoms with E-state index in [-0.39, 0.29) is 0 Å². The minimum atomic E-state index is 0.695. The Morgan fingerprint density at radius 3 is 2.81 bits per heavy atom. The van der Waals surface area contributed by atoms with Crippen LogP contribution in [0.2, 0.25) is 0 Å². The van der Waals surface area contributed by atoms with Gasteiger partial charge in [0.1, 0.15) is 0 Å². The van der Waals surface area contributed by atoms with Gasteiger partial charge in [-0.2, -0.15) is 0 Å². The molecule has 2 fully saturated rings. The van der Waals surface area contributed by atoms with Crippen molar-refractivity contribution in [3.8, 4) is 0 Å². The van der Waals surface area contributed by atoms with Crippen LogP contribution in [-0.2, 0) is 0 Å². The predicted molar refractivity (Wildman–Crippen MR) is 68.7 cm³/mol. The number of nitrogens with one attached hydrogen (secondary N) is 1. The van der Waals surface area contributed by atoms with Gasteiger partial charge < -0.3 is 15.1 Å². The van der Waals surface area contributed by atoms with Crippen molar-refractivity contribution >= 4 is 0 Å². The topological polar surface area (TPSA) is 18.5 Å². The van der Waals surface area contributed by atoms with Crippen molar-refractivity contribution in [2.75, 3.05) is 40.8 Å². The van der Waals surface area contributed by atoms with Crippen molar-refractivity contribution in [3.05, 3.63) is 0 Å². The average Bonchev–Trinajstić information content (AvgIpc) is 2.56. The Morgan fingerprint density at radius 2 is 2.06 bits per heavy atom. The second-order valence-electron chi connectivity index (χ2n) is 5.97. The molecule has 2 aliphatic rings. The molecule has 0 aromatic rings. The maximum absolute atomic E-state index is 3.90. The highest BCUT2D eigenvalue weighted by Gasteiger charge is 2.32. The van der Waals surface area contributed by atoms with Crippen LogP contribution in [0, 0.1) is 5.92 Å². The fraction of sp³-hybridized carbons (Fsp3) is 1.00. The Morgan fingerprint density at radius 1 is 1.25 bits per heavy atom. The van der Waals surface area contributed by atoms with Gasteiger partial charge in [-0.15, -0.1) is 0 Å². The quantitative estimate of drug-likeness (QED) is 0.773. The SMILES string of the molecule is CN(C)CCC1CN(C)CC2CCCC2N1. The average molecular weight is 225 g/mol. The van der Waals surface area contributed by atoms with E-state index in [2.05, 4.69) is 36.3 Å². The van der Waals surface area contributed by atoms with Crippen LogP contribution >= 0.6 is 0 Å². The molecule has 0 aromatic carbocycles. The van der Waals surface area contributed by atoms with Crippen molar-refractivity contribution in [3.63, 3.8) is 0 Å². The van der Waals surface area contributed by atoms with E-state index in [1.807, 2.05) is 0 Å². The summed E-state index contributed by atoms with van der Waals surface area (Å²) < 4.78 is 0. The minimum Gasteiger partial charge on any atom is -0.310 e. The van der Waals surface area contributed by atoms with Gasteiger partial charge in [0.25, 0.3) is 0 Å². The van der Waals surface area contributed by atoms with E-state index in [9.17, 15) is 0 Å². The molecular formula is C13H27N3. The number of fused-ring (bicyclic) bond motifs is 1. The van der Waals surface area contributed by atoms with Gasteiger partial charge in [0.15, 0.2) is 0 Å². The molecule has 0 radical (unpaired) electrons.